The lowest BCUT2D eigenvalue weighted by Crippen LogP contribution is -2.08. The average molecular weight is 243 g/mol. The predicted molar refractivity (Wildman–Crippen MR) is 71.0 cm³/mol. The first kappa shape index (κ1) is 11.6. The normalized spacial score (nSPS) is 10.2. The highest BCUT2D eigenvalue weighted by atomic mass is 32.1. The molecular formula is C13H13N3S. The first-order chi connectivity index (χ1) is 8.19. The molecule has 0 unspecified atom stereocenters. The number of nitrogens with zero attached hydrogens (tertiary/aromatic N) is 2. The molecule has 0 aliphatic heterocycles. The van der Waals surface area contributed by atoms with Crippen LogP contribution in [0, 0.1) is 11.3 Å². The first-order valence-corrected chi connectivity index (χ1v) is 6.29. The van der Waals surface area contributed by atoms with E-state index in [0.29, 0.717) is 11.6 Å². The molecule has 2 aromatic rings. The van der Waals surface area contributed by atoms with Crippen molar-refractivity contribution >= 4 is 16.5 Å². The van der Waals surface area contributed by atoms with Gasteiger partial charge in [-0.15, -0.1) is 11.3 Å². The summed E-state index contributed by atoms with van der Waals surface area (Å²) in [4.78, 5) is 4.49. The number of nitrogens with one attached hydrogen (secondary N) is 1. The second-order valence-corrected chi connectivity index (χ2v) is 4.89. The first-order valence-electron chi connectivity index (χ1n) is 5.41. The van der Waals surface area contributed by atoms with Crippen molar-refractivity contribution in [2.45, 2.75) is 19.9 Å². The Balaban J connectivity index is 2.27. The maximum absolute atomic E-state index is 8.85. The zero-order valence-electron chi connectivity index (χ0n) is 9.77. The molecule has 0 fully saturated rings. The summed E-state index contributed by atoms with van der Waals surface area (Å²) < 4.78 is 0. The van der Waals surface area contributed by atoms with Gasteiger partial charge < -0.3 is 5.32 Å². The Morgan fingerprint density at radius 1 is 1.41 bits per heavy atom. The van der Waals surface area contributed by atoms with Gasteiger partial charge in [-0.1, -0.05) is 12.1 Å². The van der Waals surface area contributed by atoms with E-state index in [1.165, 1.54) is 0 Å². The van der Waals surface area contributed by atoms with Gasteiger partial charge in [-0.3, -0.25) is 0 Å². The lowest BCUT2D eigenvalue weighted by Gasteiger charge is -2.04. The molecule has 3 nitrogen and oxygen atoms in total. The van der Waals surface area contributed by atoms with Crippen LogP contribution in [0.1, 0.15) is 19.4 Å². The maximum atomic E-state index is 8.85. The van der Waals surface area contributed by atoms with Gasteiger partial charge in [0.15, 0.2) is 5.13 Å². The molecule has 0 radical (unpaired) electrons. The molecule has 1 N–H and O–H groups in total. The molecule has 17 heavy (non-hydrogen) atoms. The Morgan fingerprint density at radius 2 is 2.24 bits per heavy atom. The fourth-order valence-corrected chi connectivity index (χ4v) is 2.33. The third-order valence-electron chi connectivity index (χ3n) is 2.20. The van der Waals surface area contributed by atoms with Crippen molar-refractivity contribution in [3.63, 3.8) is 0 Å². The van der Waals surface area contributed by atoms with Crippen LogP contribution in [-0.2, 0) is 0 Å². The average Bonchev–Trinajstić information content (AvgIpc) is 2.77. The second-order valence-electron chi connectivity index (χ2n) is 4.03. The number of hydrogen-bond donors (Lipinski definition) is 1. The second kappa shape index (κ2) is 4.98. The van der Waals surface area contributed by atoms with Crippen molar-refractivity contribution in [3.8, 4) is 17.3 Å². The molecule has 0 aliphatic rings. The van der Waals surface area contributed by atoms with Crippen LogP contribution in [0.25, 0.3) is 11.3 Å². The van der Waals surface area contributed by atoms with Crippen LogP contribution in [0.4, 0.5) is 5.13 Å². The van der Waals surface area contributed by atoms with Crippen LogP contribution >= 0.6 is 11.3 Å². The van der Waals surface area contributed by atoms with Gasteiger partial charge in [0.05, 0.1) is 17.3 Å². The van der Waals surface area contributed by atoms with Crippen molar-refractivity contribution in [1.82, 2.24) is 4.98 Å². The van der Waals surface area contributed by atoms with Crippen molar-refractivity contribution < 1.29 is 0 Å². The molecule has 86 valence electrons. The molecule has 0 saturated carbocycles. The van der Waals surface area contributed by atoms with E-state index in [1.807, 2.05) is 23.6 Å². The molecule has 4 heteroatoms. The molecule has 0 bridgehead atoms. The molecule has 0 saturated heterocycles. The summed E-state index contributed by atoms with van der Waals surface area (Å²) in [6, 6.07) is 10.0. The van der Waals surface area contributed by atoms with Gasteiger partial charge in [0.25, 0.3) is 0 Å². The van der Waals surface area contributed by atoms with E-state index >= 15 is 0 Å². The Bertz CT molecular complexity index is 552. The minimum absolute atomic E-state index is 0.374. The van der Waals surface area contributed by atoms with Crippen LogP contribution in [0.3, 0.4) is 0 Å². The Morgan fingerprint density at radius 3 is 2.94 bits per heavy atom. The molecule has 0 spiro atoms. The summed E-state index contributed by atoms with van der Waals surface area (Å²) in [6.07, 6.45) is 0. The highest BCUT2D eigenvalue weighted by Gasteiger charge is 2.05. The number of hydrogen-bond acceptors (Lipinski definition) is 4. The van der Waals surface area contributed by atoms with E-state index in [1.54, 1.807) is 17.4 Å². The number of anilines is 1. The molecule has 1 heterocycles. The fraction of sp³-hybridized carbons (Fsp3) is 0.231. The summed E-state index contributed by atoms with van der Waals surface area (Å²) in [5.41, 5.74) is 2.56. The van der Waals surface area contributed by atoms with Gasteiger partial charge in [0.2, 0.25) is 0 Å². The summed E-state index contributed by atoms with van der Waals surface area (Å²) in [5.74, 6) is 0. The van der Waals surface area contributed by atoms with Gasteiger partial charge in [-0.05, 0) is 26.0 Å². The monoisotopic (exact) mass is 243 g/mol. The van der Waals surface area contributed by atoms with Crippen LogP contribution < -0.4 is 5.32 Å². The zero-order valence-corrected chi connectivity index (χ0v) is 10.6. The minimum atomic E-state index is 0.374. The Kier molecular flexibility index (Phi) is 3.40. The molecular weight excluding hydrogens is 230 g/mol. The van der Waals surface area contributed by atoms with Gasteiger partial charge in [0, 0.05) is 17.0 Å². The minimum Gasteiger partial charge on any atom is -0.359 e. The number of rotatable bonds is 3. The molecule has 0 amide bonds. The summed E-state index contributed by atoms with van der Waals surface area (Å²) in [5, 5.41) is 15.0. The van der Waals surface area contributed by atoms with E-state index in [2.05, 4.69) is 30.2 Å². The highest BCUT2D eigenvalue weighted by molar-refractivity contribution is 7.14. The third kappa shape index (κ3) is 2.83. The van der Waals surface area contributed by atoms with Gasteiger partial charge in [-0.25, -0.2) is 4.98 Å². The van der Waals surface area contributed by atoms with Crippen LogP contribution in [-0.4, -0.2) is 11.0 Å². The van der Waals surface area contributed by atoms with Gasteiger partial charge >= 0.3 is 0 Å². The summed E-state index contributed by atoms with van der Waals surface area (Å²) >= 11 is 1.58. The van der Waals surface area contributed by atoms with E-state index in [9.17, 15) is 0 Å². The largest absolute Gasteiger partial charge is 0.359 e. The highest BCUT2D eigenvalue weighted by Crippen LogP contribution is 2.25. The SMILES string of the molecule is CC(C)Nc1nc(-c2cccc(C#N)c2)cs1. The zero-order chi connectivity index (χ0) is 12.3. The lowest BCUT2D eigenvalue weighted by atomic mass is 10.1. The van der Waals surface area contributed by atoms with E-state index in [4.69, 9.17) is 5.26 Å². The van der Waals surface area contributed by atoms with E-state index in [-0.39, 0.29) is 0 Å². The number of nitriles is 1. The molecule has 1 aromatic carbocycles. The van der Waals surface area contributed by atoms with Gasteiger partial charge in [0.1, 0.15) is 0 Å². The Hall–Kier alpha value is -1.86. The molecule has 0 aliphatic carbocycles. The van der Waals surface area contributed by atoms with Gasteiger partial charge in [-0.2, -0.15) is 5.26 Å². The van der Waals surface area contributed by atoms with E-state index in [0.717, 1.165) is 16.4 Å². The third-order valence-corrected chi connectivity index (χ3v) is 2.98. The van der Waals surface area contributed by atoms with Crippen LogP contribution in [0.15, 0.2) is 29.6 Å². The van der Waals surface area contributed by atoms with E-state index < -0.39 is 0 Å². The quantitative estimate of drug-likeness (QED) is 0.897. The number of aromatic nitrogens is 1. The number of thiazole rings is 1. The number of benzene rings is 1. The van der Waals surface area contributed by atoms with Crippen molar-refractivity contribution in [1.29, 1.82) is 5.26 Å². The van der Waals surface area contributed by atoms with Crippen molar-refractivity contribution in [2.75, 3.05) is 5.32 Å². The smallest absolute Gasteiger partial charge is 0.183 e. The summed E-state index contributed by atoms with van der Waals surface area (Å²) in [7, 11) is 0. The molecule has 2 rings (SSSR count). The predicted octanol–water partition coefficient (Wildman–Crippen LogP) is 3.50. The standard InChI is InChI=1S/C13H13N3S/c1-9(2)15-13-16-12(8-17-13)11-5-3-4-10(6-11)7-14/h3-6,8-9H,1-2H3,(H,15,16). The van der Waals surface area contributed by atoms with Crippen LogP contribution in [0.2, 0.25) is 0 Å². The van der Waals surface area contributed by atoms with Crippen LogP contribution in [0.5, 0.6) is 0 Å². The summed E-state index contributed by atoms with van der Waals surface area (Å²) in [6.45, 7) is 4.16. The molecule has 1 aromatic heterocycles. The fourth-order valence-electron chi connectivity index (χ4n) is 1.47. The molecule has 0 atom stereocenters. The lowest BCUT2D eigenvalue weighted by molar-refractivity contribution is 0.897. The topological polar surface area (TPSA) is 48.7 Å². The maximum Gasteiger partial charge on any atom is 0.183 e. The van der Waals surface area contributed by atoms with Crippen molar-refractivity contribution in [2.24, 2.45) is 0 Å². The Labute approximate surface area is 105 Å². The van der Waals surface area contributed by atoms with Crippen molar-refractivity contribution in [3.05, 3.63) is 35.2 Å².